The first-order valence-electron chi connectivity index (χ1n) is 8.93. The van der Waals surface area contributed by atoms with Gasteiger partial charge in [0.25, 0.3) is 5.91 Å². The van der Waals surface area contributed by atoms with Gasteiger partial charge in [-0.2, -0.15) is 0 Å². The Bertz CT molecular complexity index is 520. The number of anilines is 1. The lowest BCUT2D eigenvalue weighted by Gasteiger charge is -2.34. The molecule has 1 aromatic rings. The minimum atomic E-state index is 0.154. The van der Waals surface area contributed by atoms with E-state index >= 15 is 0 Å². The lowest BCUT2D eigenvalue weighted by molar-refractivity contribution is 0.0691. The summed E-state index contributed by atoms with van der Waals surface area (Å²) in [6.07, 6.45) is 7.66. The van der Waals surface area contributed by atoms with E-state index in [-0.39, 0.29) is 5.91 Å². The Morgan fingerprint density at radius 1 is 1.22 bits per heavy atom. The number of nitrogens with zero attached hydrogens (tertiary/aromatic N) is 3. The summed E-state index contributed by atoms with van der Waals surface area (Å²) < 4.78 is 0. The highest BCUT2D eigenvalue weighted by atomic mass is 16.2. The van der Waals surface area contributed by atoms with E-state index in [2.05, 4.69) is 15.2 Å². The molecule has 3 rings (SSSR count). The third-order valence-electron chi connectivity index (χ3n) is 5.07. The molecule has 0 atom stereocenters. The van der Waals surface area contributed by atoms with Crippen LogP contribution < -0.4 is 10.2 Å². The van der Waals surface area contributed by atoms with Gasteiger partial charge in [0.15, 0.2) is 0 Å². The third kappa shape index (κ3) is 3.83. The monoisotopic (exact) mass is 316 g/mol. The molecule has 23 heavy (non-hydrogen) atoms. The first-order valence-corrected chi connectivity index (χ1v) is 8.93. The highest BCUT2D eigenvalue weighted by molar-refractivity contribution is 5.99. The lowest BCUT2D eigenvalue weighted by Crippen LogP contribution is -2.41. The van der Waals surface area contributed by atoms with E-state index in [0.717, 1.165) is 56.9 Å². The van der Waals surface area contributed by atoms with Crippen molar-refractivity contribution in [2.24, 2.45) is 5.92 Å². The van der Waals surface area contributed by atoms with E-state index in [9.17, 15) is 4.79 Å². The van der Waals surface area contributed by atoms with Crippen LogP contribution in [0.15, 0.2) is 18.3 Å². The molecule has 0 bridgehead atoms. The number of aromatic nitrogens is 1. The van der Waals surface area contributed by atoms with Gasteiger partial charge in [-0.15, -0.1) is 0 Å². The van der Waals surface area contributed by atoms with Crippen molar-refractivity contribution in [3.8, 4) is 0 Å². The number of nitrogens with one attached hydrogen (secondary N) is 1. The fourth-order valence-corrected chi connectivity index (χ4v) is 3.72. The first-order chi connectivity index (χ1) is 11.3. The maximum atomic E-state index is 13.0. The molecule has 2 saturated heterocycles. The van der Waals surface area contributed by atoms with Gasteiger partial charge in [-0.05, 0) is 63.7 Å². The molecule has 1 aromatic heterocycles. The topological polar surface area (TPSA) is 48.5 Å². The Kier molecular flexibility index (Phi) is 5.49. The van der Waals surface area contributed by atoms with E-state index in [1.807, 2.05) is 24.1 Å². The van der Waals surface area contributed by atoms with Crippen LogP contribution in [0.5, 0.6) is 0 Å². The van der Waals surface area contributed by atoms with Crippen LogP contribution >= 0.6 is 0 Å². The summed E-state index contributed by atoms with van der Waals surface area (Å²) in [5.41, 5.74) is 0.779. The molecule has 0 saturated carbocycles. The summed E-state index contributed by atoms with van der Waals surface area (Å²) in [7, 11) is 2.00. The molecule has 1 N–H and O–H groups in total. The van der Waals surface area contributed by atoms with Crippen molar-refractivity contribution in [3.63, 3.8) is 0 Å². The van der Waals surface area contributed by atoms with Crippen molar-refractivity contribution >= 4 is 11.7 Å². The zero-order valence-electron chi connectivity index (χ0n) is 14.1. The molecule has 1 amide bonds. The van der Waals surface area contributed by atoms with Crippen LogP contribution in [0.3, 0.4) is 0 Å². The number of carbonyl (C=O) groups is 1. The molecule has 0 radical (unpaired) electrons. The van der Waals surface area contributed by atoms with Crippen LogP contribution in [-0.4, -0.2) is 55.6 Å². The largest absolute Gasteiger partial charge is 0.356 e. The number of hydrogen-bond acceptors (Lipinski definition) is 4. The minimum absolute atomic E-state index is 0.154. The summed E-state index contributed by atoms with van der Waals surface area (Å²) >= 11 is 0. The van der Waals surface area contributed by atoms with E-state index in [1.54, 1.807) is 6.20 Å². The molecule has 2 fully saturated rings. The maximum absolute atomic E-state index is 13.0. The number of hydrogen-bond donors (Lipinski definition) is 1. The SMILES string of the molecule is CNCC1CCN(C(=O)c2cccnc2N2CCCCC2)CC1. The summed E-state index contributed by atoms with van der Waals surface area (Å²) in [4.78, 5) is 21.8. The molecule has 0 spiro atoms. The molecule has 5 nitrogen and oxygen atoms in total. The predicted molar refractivity (Wildman–Crippen MR) is 92.9 cm³/mol. The predicted octanol–water partition coefficient (Wildman–Crippen LogP) is 2.14. The van der Waals surface area contributed by atoms with Gasteiger partial charge >= 0.3 is 0 Å². The normalized spacial score (nSPS) is 19.9. The average molecular weight is 316 g/mol. The molecule has 0 unspecified atom stereocenters. The molecular formula is C18H28N4O. The third-order valence-corrected chi connectivity index (χ3v) is 5.07. The van der Waals surface area contributed by atoms with Crippen molar-refractivity contribution < 1.29 is 4.79 Å². The zero-order valence-corrected chi connectivity index (χ0v) is 14.1. The standard InChI is InChI=1S/C18H28N4O/c1-19-14-15-7-12-22(13-8-15)18(23)16-6-5-9-20-17(16)21-10-3-2-4-11-21/h5-6,9,15,19H,2-4,7-8,10-14H2,1H3. The summed E-state index contributed by atoms with van der Waals surface area (Å²) in [5.74, 6) is 1.73. The molecule has 3 heterocycles. The number of pyridine rings is 1. The number of carbonyl (C=O) groups excluding carboxylic acids is 1. The van der Waals surface area contributed by atoms with Crippen molar-refractivity contribution in [2.75, 3.05) is 44.7 Å². The number of amides is 1. The van der Waals surface area contributed by atoms with Gasteiger partial charge in [0.05, 0.1) is 5.56 Å². The van der Waals surface area contributed by atoms with Gasteiger partial charge in [-0.3, -0.25) is 4.79 Å². The average Bonchev–Trinajstić information content (AvgIpc) is 2.63. The van der Waals surface area contributed by atoms with Crippen molar-refractivity contribution in [1.82, 2.24) is 15.2 Å². The minimum Gasteiger partial charge on any atom is -0.356 e. The Labute approximate surface area is 139 Å². The van der Waals surface area contributed by atoms with Gasteiger partial charge < -0.3 is 15.1 Å². The van der Waals surface area contributed by atoms with Gasteiger partial charge in [0.2, 0.25) is 0 Å². The fraction of sp³-hybridized carbons (Fsp3) is 0.667. The fourth-order valence-electron chi connectivity index (χ4n) is 3.72. The second-order valence-corrected chi connectivity index (χ2v) is 6.72. The van der Waals surface area contributed by atoms with E-state index in [1.165, 1.54) is 19.3 Å². The number of rotatable bonds is 4. The van der Waals surface area contributed by atoms with E-state index in [0.29, 0.717) is 5.92 Å². The second-order valence-electron chi connectivity index (χ2n) is 6.72. The Hall–Kier alpha value is -1.62. The van der Waals surface area contributed by atoms with Crippen molar-refractivity contribution in [1.29, 1.82) is 0 Å². The molecule has 2 aliphatic rings. The van der Waals surface area contributed by atoms with Crippen LogP contribution in [0.1, 0.15) is 42.5 Å². The highest BCUT2D eigenvalue weighted by Crippen LogP contribution is 2.25. The van der Waals surface area contributed by atoms with Gasteiger partial charge in [-0.25, -0.2) is 4.98 Å². The highest BCUT2D eigenvalue weighted by Gasteiger charge is 2.26. The van der Waals surface area contributed by atoms with E-state index in [4.69, 9.17) is 0 Å². The molecule has 2 aliphatic heterocycles. The molecule has 126 valence electrons. The van der Waals surface area contributed by atoms with Gasteiger partial charge in [0, 0.05) is 32.4 Å². The van der Waals surface area contributed by atoms with Crippen LogP contribution in [-0.2, 0) is 0 Å². The van der Waals surface area contributed by atoms with Crippen molar-refractivity contribution in [2.45, 2.75) is 32.1 Å². The van der Waals surface area contributed by atoms with Crippen LogP contribution in [0, 0.1) is 5.92 Å². The Balaban J connectivity index is 1.70. The second kappa shape index (κ2) is 7.77. The van der Waals surface area contributed by atoms with Gasteiger partial charge in [0.1, 0.15) is 5.82 Å². The summed E-state index contributed by atoms with van der Waals surface area (Å²) in [5, 5.41) is 3.25. The summed E-state index contributed by atoms with van der Waals surface area (Å²) in [6, 6.07) is 3.83. The quantitative estimate of drug-likeness (QED) is 0.924. The Morgan fingerprint density at radius 2 is 1.96 bits per heavy atom. The number of likely N-dealkylation sites (tertiary alicyclic amines) is 1. The Morgan fingerprint density at radius 3 is 2.65 bits per heavy atom. The van der Waals surface area contributed by atoms with Crippen LogP contribution in [0.2, 0.25) is 0 Å². The van der Waals surface area contributed by atoms with Gasteiger partial charge in [-0.1, -0.05) is 0 Å². The van der Waals surface area contributed by atoms with Crippen LogP contribution in [0.25, 0.3) is 0 Å². The molecule has 0 aliphatic carbocycles. The van der Waals surface area contributed by atoms with Crippen LogP contribution in [0.4, 0.5) is 5.82 Å². The van der Waals surface area contributed by atoms with E-state index < -0.39 is 0 Å². The smallest absolute Gasteiger partial charge is 0.257 e. The zero-order chi connectivity index (χ0) is 16.1. The lowest BCUT2D eigenvalue weighted by atomic mass is 9.96. The summed E-state index contributed by atoms with van der Waals surface area (Å²) in [6.45, 7) is 4.80. The van der Waals surface area contributed by atoms with Crippen molar-refractivity contribution in [3.05, 3.63) is 23.9 Å². The molecular weight excluding hydrogens is 288 g/mol. The maximum Gasteiger partial charge on any atom is 0.257 e. The first kappa shape index (κ1) is 16.2. The molecule has 5 heteroatoms. The number of piperidine rings is 2. The molecule has 0 aromatic carbocycles.